The predicted molar refractivity (Wildman–Crippen MR) is 121 cm³/mol. The Morgan fingerprint density at radius 2 is 1.87 bits per heavy atom. The lowest BCUT2D eigenvalue weighted by atomic mass is 10.1. The summed E-state index contributed by atoms with van der Waals surface area (Å²) in [6.07, 6.45) is 0.982. The Balaban J connectivity index is 1.64. The number of amides is 1. The lowest BCUT2D eigenvalue weighted by Crippen LogP contribution is -2.15. The number of benzene rings is 2. The first-order chi connectivity index (χ1) is 14.5. The molecule has 0 bridgehead atoms. The molecule has 0 aliphatic rings. The summed E-state index contributed by atoms with van der Waals surface area (Å²) in [6, 6.07) is 16.8. The van der Waals surface area contributed by atoms with Crippen LogP contribution in [0, 0.1) is 5.92 Å². The molecule has 1 heterocycles. The van der Waals surface area contributed by atoms with Crippen LogP contribution in [0.15, 0.2) is 59.8 Å². The van der Waals surface area contributed by atoms with Gasteiger partial charge in [0.05, 0.1) is 16.5 Å². The quantitative estimate of drug-likeness (QED) is 0.430. The van der Waals surface area contributed by atoms with Gasteiger partial charge in [0.1, 0.15) is 12.4 Å². The Morgan fingerprint density at radius 1 is 1.13 bits per heavy atom. The average Bonchev–Trinajstić information content (AvgIpc) is 3.13. The molecule has 0 saturated heterocycles. The van der Waals surface area contributed by atoms with E-state index in [-0.39, 0.29) is 11.7 Å². The van der Waals surface area contributed by atoms with E-state index in [1.165, 1.54) is 11.8 Å². The van der Waals surface area contributed by atoms with Gasteiger partial charge in [-0.2, -0.15) is 0 Å². The number of nitrogens with zero attached hydrogens (tertiary/aromatic N) is 3. The number of thioether (sulfide) groups is 1. The molecule has 8 heteroatoms. The van der Waals surface area contributed by atoms with Gasteiger partial charge in [0.25, 0.3) is 0 Å². The highest BCUT2D eigenvalue weighted by atomic mass is 35.5. The molecule has 2 aromatic carbocycles. The van der Waals surface area contributed by atoms with Crippen LogP contribution in [0.2, 0.25) is 5.02 Å². The summed E-state index contributed by atoms with van der Waals surface area (Å²) in [5.74, 6) is 2.13. The molecule has 1 aromatic heterocycles. The third-order valence-electron chi connectivity index (χ3n) is 4.31. The summed E-state index contributed by atoms with van der Waals surface area (Å²) in [5, 5.41) is 12.6. The van der Waals surface area contributed by atoms with Crippen LogP contribution in [0.3, 0.4) is 0 Å². The van der Waals surface area contributed by atoms with Crippen LogP contribution in [0.5, 0.6) is 5.75 Å². The number of hydrogen-bond acceptors (Lipinski definition) is 5. The Kier molecular flexibility index (Phi) is 8.16. The van der Waals surface area contributed by atoms with Crippen molar-refractivity contribution in [2.45, 2.75) is 38.6 Å². The summed E-state index contributed by atoms with van der Waals surface area (Å²) in [7, 11) is 0. The molecule has 6 nitrogen and oxygen atoms in total. The molecule has 1 amide bonds. The van der Waals surface area contributed by atoms with E-state index in [1.54, 1.807) is 12.1 Å². The fraction of sp³-hybridized carbons (Fsp3) is 0.318. The fourth-order valence-corrected chi connectivity index (χ4v) is 3.65. The van der Waals surface area contributed by atoms with Crippen molar-refractivity contribution in [2.75, 3.05) is 11.1 Å². The number of nitrogens with one attached hydrogen (secondary N) is 1. The third kappa shape index (κ3) is 6.50. The minimum absolute atomic E-state index is 0.145. The number of carbonyl (C=O) groups excluding carboxylic acids is 1. The van der Waals surface area contributed by atoms with Gasteiger partial charge in [-0.25, -0.2) is 0 Å². The molecule has 1 N–H and O–H groups in total. The van der Waals surface area contributed by atoms with Crippen molar-refractivity contribution in [3.8, 4) is 5.75 Å². The standard InChI is InChI=1S/C22H25ClN4O2S/c1-16(2)12-13-27-20(14-29-17-8-4-3-5-9-17)25-26-22(27)30-15-21(28)24-19-11-7-6-10-18(19)23/h3-11,16H,12-15H2,1-2H3,(H,24,28). The molecule has 0 aliphatic heterocycles. The molecule has 0 radical (unpaired) electrons. The van der Waals surface area contributed by atoms with E-state index in [0.29, 0.717) is 28.4 Å². The highest BCUT2D eigenvalue weighted by Gasteiger charge is 2.16. The molecule has 0 atom stereocenters. The van der Waals surface area contributed by atoms with Gasteiger partial charge in [0.2, 0.25) is 5.91 Å². The van der Waals surface area contributed by atoms with E-state index in [0.717, 1.165) is 24.5 Å². The van der Waals surface area contributed by atoms with Crippen LogP contribution < -0.4 is 10.1 Å². The molecule has 0 fully saturated rings. The number of carbonyl (C=O) groups is 1. The molecule has 0 aliphatic carbocycles. The van der Waals surface area contributed by atoms with Crippen LogP contribution in [-0.4, -0.2) is 26.4 Å². The van der Waals surface area contributed by atoms with Crippen LogP contribution in [0.1, 0.15) is 26.1 Å². The summed E-state index contributed by atoms with van der Waals surface area (Å²) in [4.78, 5) is 12.4. The fourth-order valence-electron chi connectivity index (χ4n) is 2.69. The van der Waals surface area contributed by atoms with E-state index in [1.807, 2.05) is 47.0 Å². The van der Waals surface area contributed by atoms with E-state index in [2.05, 4.69) is 29.4 Å². The van der Waals surface area contributed by atoms with Crippen LogP contribution in [0.25, 0.3) is 0 Å². The van der Waals surface area contributed by atoms with Crippen molar-refractivity contribution in [2.24, 2.45) is 5.92 Å². The summed E-state index contributed by atoms with van der Waals surface area (Å²) in [5.41, 5.74) is 0.600. The topological polar surface area (TPSA) is 69.0 Å². The Bertz CT molecular complexity index is 963. The zero-order chi connectivity index (χ0) is 21.3. The minimum Gasteiger partial charge on any atom is -0.486 e. The maximum absolute atomic E-state index is 12.4. The minimum atomic E-state index is -0.145. The van der Waals surface area contributed by atoms with Crippen molar-refractivity contribution < 1.29 is 9.53 Å². The number of anilines is 1. The molecule has 0 unspecified atom stereocenters. The van der Waals surface area contributed by atoms with Crippen molar-refractivity contribution in [3.63, 3.8) is 0 Å². The van der Waals surface area contributed by atoms with Crippen LogP contribution in [0.4, 0.5) is 5.69 Å². The second-order valence-electron chi connectivity index (χ2n) is 7.15. The normalized spacial score (nSPS) is 10.9. The first-order valence-electron chi connectivity index (χ1n) is 9.80. The second-order valence-corrected chi connectivity index (χ2v) is 8.50. The molecule has 3 aromatic rings. The van der Waals surface area contributed by atoms with E-state index >= 15 is 0 Å². The van der Waals surface area contributed by atoms with Gasteiger partial charge in [-0.05, 0) is 36.6 Å². The smallest absolute Gasteiger partial charge is 0.234 e. The summed E-state index contributed by atoms with van der Waals surface area (Å²) in [6.45, 7) is 5.44. The lowest BCUT2D eigenvalue weighted by molar-refractivity contribution is -0.113. The summed E-state index contributed by atoms with van der Waals surface area (Å²) >= 11 is 7.46. The van der Waals surface area contributed by atoms with Crippen molar-refractivity contribution in [1.29, 1.82) is 0 Å². The largest absolute Gasteiger partial charge is 0.486 e. The highest BCUT2D eigenvalue weighted by molar-refractivity contribution is 7.99. The molecule has 0 saturated carbocycles. The Morgan fingerprint density at radius 3 is 2.60 bits per heavy atom. The lowest BCUT2D eigenvalue weighted by Gasteiger charge is -2.12. The van der Waals surface area contributed by atoms with E-state index < -0.39 is 0 Å². The zero-order valence-corrected chi connectivity index (χ0v) is 18.6. The Hall–Kier alpha value is -2.51. The monoisotopic (exact) mass is 444 g/mol. The van der Waals surface area contributed by atoms with Gasteiger partial charge in [-0.1, -0.05) is 67.5 Å². The van der Waals surface area contributed by atoms with Crippen LogP contribution in [-0.2, 0) is 17.9 Å². The molecular weight excluding hydrogens is 420 g/mol. The zero-order valence-electron chi connectivity index (χ0n) is 17.0. The average molecular weight is 445 g/mol. The van der Waals surface area contributed by atoms with Crippen molar-refractivity contribution >= 4 is 35.0 Å². The molecule has 158 valence electrons. The Labute approximate surface area is 186 Å². The molecule has 3 rings (SSSR count). The number of hydrogen-bond donors (Lipinski definition) is 1. The van der Waals surface area contributed by atoms with Gasteiger partial charge in [0, 0.05) is 6.54 Å². The van der Waals surface area contributed by atoms with Gasteiger partial charge < -0.3 is 14.6 Å². The molecule has 0 spiro atoms. The van der Waals surface area contributed by atoms with Gasteiger partial charge in [-0.3, -0.25) is 4.79 Å². The SMILES string of the molecule is CC(C)CCn1c(COc2ccccc2)nnc1SCC(=O)Nc1ccccc1Cl. The third-order valence-corrected chi connectivity index (χ3v) is 5.61. The number of ether oxygens (including phenoxy) is 1. The number of halogens is 1. The molecule has 30 heavy (non-hydrogen) atoms. The van der Waals surface area contributed by atoms with Gasteiger partial charge in [-0.15, -0.1) is 10.2 Å². The van der Waals surface area contributed by atoms with E-state index in [9.17, 15) is 4.79 Å². The number of rotatable bonds is 10. The highest BCUT2D eigenvalue weighted by Crippen LogP contribution is 2.23. The van der Waals surface area contributed by atoms with Gasteiger partial charge >= 0.3 is 0 Å². The second kappa shape index (κ2) is 11.0. The van der Waals surface area contributed by atoms with Gasteiger partial charge in [0.15, 0.2) is 11.0 Å². The van der Waals surface area contributed by atoms with Crippen molar-refractivity contribution in [3.05, 3.63) is 65.4 Å². The first-order valence-corrected chi connectivity index (χ1v) is 11.2. The van der Waals surface area contributed by atoms with Crippen LogP contribution >= 0.6 is 23.4 Å². The first kappa shape index (κ1) is 22.2. The predicted octanol–water partition coefficient (Wildman–Crippen LogP) is 5.29. The maximum Gasteiger partial charge on any atom is 0.234 e. The molecular formula is C22H25ClN4O2S. The number of para-hydroxylation sites is 2. The van der Waals surface area contributed by atoms with E-state index in [4.69, 9.17) is 16.3 Å². The van der Waals surface area contributed by atoms with Crippen molar-refractivity contribution in [1.82, 2.24) is 14.8 Å². The summed E-state index contributed by atoms with van der Waals surface area (Å²) < 4.78 is 7.88. The maximum atomic E-state index is 12.4. The number of aromatic nitrogens is 3.